The summed E-state index contributed by atoms with van der Waals surface area (Å²) in [6.45, 7) is 0. The Kier molecular flexibility index (Phi) is 6.75. The summed E-state index contributed by atoms with van der Waals surface area (Å²) in [5.41, 5.74) is 0.704. The van der Waals surface area contributed by atoms with Gasteiger partial charge in [-0.25, -0.2) is 24.3 Å². The van der Waals surface area contributed by atoms with E-state index in [0.29, 0.717) is 11.1 Å². The first-order valence-electron chi connectivity index (χ1n) is 4.51. The van der Waals surface area contributed by atoms with Crippen LogP contribution in [0.1, 0.15) is 20.7 Å². The van der Waals surface area contributed by atoms with Crippen molar-refractivity contribution in [1.82, 2.24) is 0 Å². The predicted octanol–water partition coefficient (Wildman–Crippen LogP) is 2.20. The molecular formula is C12H10O4Ru. The zero-order valence-electron chi connectivity index (χ0n) is 8.68. The van der Waals surface area contributed by atoms with Crippen molar-refractivity contribution in [2.24, 2.45) is 0 Å². The van der Waals surface area contributed by atoms with Crippen LogP contribution in [0.5, 0.6) is 0 Å². The minimum absolute atomic E-state index is 0. The van der Waals surface area contributed by atoms with Crippen molar-refractivity contribution in [3.63, 3.8) is 0 Å². The summed E-state index contributed by atoms with van der Waals surface area (Å²) in [5, 5.41) is 16.5. The SMILES string of the molecule is O=C(O)[c-]1cccc1.O=C(O)[c-]1cccc1.[Ru+2]. The van der Waals surface area contributed by atoms with E-state index in [1.54, 1.807) is 48.5 Å². The van der Waals surface area contributed by atoms with E-state index < -0.39 is 11.9 Å². The number of aromatic carboxylic acids is 2. The number of hydrogen-bond acceptors (Lipinski definition) is 2. The zero-order valence-corrected chi connectivity index (χ0v) is 10.4. The summed E-state index contributed by atoms with van der Waals surface area (Å²) in [5.74, 6) is -1.73. The summed E-state index contributed by atoms with van der Waals surface area (Å²) in [6.07, 6.45) is 0. The van der Waals surface area contributed by atoms with Crippen LogP contribution in [0.4, 0.5) is 0 Å². The van der Waals surface area contributed by atoms with E-state index in [0.717, 1.165) is 0 Å². The number of carbonyl (C=O) groups is 2. The third-order valence-electron chi connectivity index (χ3n) is 1.82. The largest absolute Gasteiger partial charge is 2.00 e. The molecule has 0 saturated heterocycles. The molecule has 2 aromatic carbocycles. The monoisotopic (exact) mass is 320 g/mol. The molecule has 17 heavy (non-hydrogen) atoms. The van der Waals surface area contributed by atoms with Gasteiger partial charge in [-0.15, -0.1) is 0 Å². The van der Waals surface area contributed by atoms with Gasteiger partial charge in [-0.05, 0) is 0 Å². The first-order valence-corrected chi connectivity index (χ1v) is 4.51. The van der Waals surface area contributed by atoms with Gasteiger partial charge in [0.25, 0.3) is 11.9 Å². The van der Waals surface area contributed by atoms with E-state index in [4.69, 9.17) is 10.2 Å². The summed E-state index contributed by atoms with van der Waals surface area (Å²) in [7, 11) is 0. The molecule has 0 heterocycles. The van der Waals surface area contributed by atoms with Crippen molar-refractivity contribution in [2.75, 3.05) is 0 Å². The Morgan fingerprint density at radius 2 is 0.941 bits per heavy atom. The van der Waals surface area contributed by atoms with Gasteiger partial charge in [0, 0.05) is 0 Å². The van der Waals surface area contributed by atoms with Crippen LogP contribution in [0.15, 0.2) is 48.5 Å². The second-order valence-corrected chi connectivity index (χ2v) is 2.96. The second kappa shape index (κ2) is 7.52. The van der Waals surface area contributed by atoms with Crippen LogP contribution in [0, 0.1) is 0 Å². The van der Waals surface area contributed by atoms with Crippen molar-refractivity contribution >= 4 is 11.9 Å². The van der Waals surface area contributed by atoms with E-state index in [2.05, 4.69) is 0 Å². The molecule has 0 aromatic heterocycles. The second-order valence-electron chi connectivity index (χ2n) is 2.96. The van der Waals surface area contributed by atoms with Crippen LogP contribution in [-0.2, 0) is 19.5 Å². The Bertz CT molecular complexity index is 399. The van der Waals surface area contributed by atoms with Crippen molar-refractivity contribution in [3.8, 4) is 0 Å². The fourth-order valence-electron chi connectivity index (χ4n) is 1.03. The summed E-state index contributed by atoms with van der Waals surface area (Å²) in [6, 6.07) is 13.0. The van der Waals surface area contributed by atoms with Crippen LogP contribution in [0.2, 0.25) is 0 Å². The maximum Gasteiger partial charge on any atom is 2.00 e. The first kappa shape index (κ1) is 15.3. The minimum Gasteiger partial charge on any atom is -0.487 e. The molecule has 0 aliphatic heterocycles. The van der Waals surface area contributed by atoms with Crippen LogP contribution in [0.3, 0.4) is 0 Å². The number of rotatable bonds is 2. The summed E-state index contributed by atoms with van der Waals surface area (Å²) >= 11 is 0. The molecule has 0 unspecified atom stereocenters. The first-order chi connectivity index (χ1) is 7.61. The Morgan fingerprint density at radius 3 is 1.06 bits per heavy atom. The molecule has 2 rings (SSSR count). The van der Waals surface area contributed by atoms with Crippen molar-refractivity contribution in [3.05, 3.63) is 59.7 Å². The standard InChI is InChI=1S/2C6H5O2.Ru/c2*7-6(8)5-3-1-2-4-5;/h2*1-4H,(H,7,8);/q2*-1;+2. The molecule has 0 amide bonds. The van der Waals surface area contributed by atoms with Gasteiger partial charge in [-0.1, -0.05) is 11.1 Å². The van der Waals surface area contributed by atoms with Crippen molar-refractivity contribution in [2.45, 2.75) is 0 Å². The Labute approximate surface area is 111 Å². The van der Waals surface area contributed by atoms with Gasteiger partial charge in [-0.3, -0.25) is 9.59 Å². The van der Waals surface area contributed by atoms with Crippen molar-refractivity contribution in [1.29, 1.82) is 0 Å². The third kappa shape index (κ3) is 5.22. The molecule has 0 spiro atoms. The Hall–Kier alpha value is -1.74. The van der Waals surface area contributed by atoms with Crippen molar-refractivity contribution < 1.29 is 39.3 Å². The summed E-state index contributed by atoms with van der Waals surface area (Å²) in [4.78, 5) is 20.1. The molecule has 2 N–H and O–H groups in total. The molecule has 0 aliphatic rings. The summed E-state index contributed by atoms with van der Waals surface area (Å²) < 4.78 is 0. The average Bonchev–Trinajstić information content (AvgIpc) is 2.93. The molecule has 90 valence electrons. The molecule has 0 aliphatic carbocycles. The molecule has 0 fully saturated rings. The van der Waals surface area contributed by atoms with Gasteiger partial charge < -0.3 is 10.2 Å². The molecular weight excluding hydrogens is 309 g/mol. The van der Waals surface area contributed by atoms with Gasteiger partial charge in [0.1, 0.15) is 0 Å². The van der Waals surface area contributed by atoms with Crippen LogP contribution >= 0.6 is 0 Å². The molecule has 2 aromatic rings. The fourth-order valence-corrected chi connectivity index (χ4v) is 1.03. The Morgan fingerprint density at radius 1 is 0.706 bits per heavy atom. The molecule has 4 nitrogen and oxygen atoms in total. The zero-order chi connectivity index (χ0) is 12.0. The molecule has 0 saturated carbocycles. The third-order valence-corrected chi connectivity index (χ3v) is 1.82. The molecule has 0 radical (unpaired) electrons. The van der Waals surface area contributed by atoms with E-state index in [1.807, 2.05) is 0 Å². The number of carboxylic acids is 2. The minimum atomic E-state index is -0.866. The van der Waals surface area contributed by atoms with E-state index in [9.17, 15) is 9.59 Å². The normalized spacial score (nSPS) is 8.47. The van der Waals surface area contributed by atoms with E-state index in [1.165, 1.54) is 0 Å². The molecule has 0 atom stereocenters. The maximum atomic E-state index is 10.1. The molecule has 5 heteroatoms. The maximum absolute atomic E-state index is 10.1. The van der Waals surface area contributed by atoms with Crippen LogP contribution < -0.4 is 0 Å². The number of hydrogen-bond donors (Lipinski definition) is 2. The van der Waals surface area contributed by atoms with E-state index >= 15 is 0 Å². The van der Waals surface area contributed by atoms with Gasteiger partial charge >= 0.3 is 19.5 Å². The smallest absolute Gasteiger partial charge is 0.487 e. The van der Waals surface area contributed by atoms with Crippen LogP contribution in [-0.4, -0.2) is 22.2 Å². The topological polar surface area (TPSA) is 74.6 Å². The van der Waals surface area contributed by atoms with Gasteiger partial charge in [0.05, 0.1) is 0 Å². The van der Waals surface area contributed by atoms with Crippen LogP contribution in [0.25, 0.3) is 0 Å². The van der Waals surface area contributed by atoms with E-state index in [-0.39, 0.29) is 19.5 Å². The average molecular weight is 319 g/mol. The fraction of sp³-hybridized carbons (Fsp3) is 0. The number of carboxylic acid groups (broad SMARTS) is 2. The predicted molar refractivity (Wildman–Crippen MR) is 58.0 cm³/mol. The van der Waals surface area contributed by atoms with Gasteiger partial charge in [-0.2, -0.15) is 24.3 Å². The van der Waals surface area contributed by atoms with Gasteiger partial charge in [0.15, 0.2) is 0 Å². The van der Waals surface area contributed by atoms with Gasteiger partial charge in [0.2, 0.25) is 0 Å². The quantitative estimate of drug-likeness (QED) is 0.657. The Balaban J connectivity index is 0.000000284. The molecule has 0 bridgehead atoms.